The van der Waals surface area contributed by atoms with Crippen LogP contribution in [0.15, 0.2) is 0 Å². The largest absolute Gasteiger partial charge is 0.325 e. The highest BCUT2D eigenvalue weighted by Gasteiger charge is 2.26. The van der Waals surface area contributed by atoms with Crippen LogP contribution in [-0.4, -0.2) is 30.1 Å². The SMILES string of the molecule is CCCCCC(C)N1CC(N)C1. The molecule has 1 rings (SSSR count). The molecule has 0 saturated carbocycles. The second-order valence-electron chi connectivity index (χ2n) is 4.06. The molecule has 0 amide bonds. The summed E-state index contributed by atoms with van der Waals surface area (Å²) >= 11 is 0. The third-order valence-electron chi connectivity index (χ3n) is 2.79. The molecule has 2 heteroatoms. The molecule has 2 nitrogen and oxygen atoms in total. The van der Waals surface area contributed by atoms with Crippen molar-refractivity contribution in [3.63, 3.8) is 0 Å². The van der Waals surface area contributed by atoms with Crippen molar-refractivity contribution in [1.82, 2.24) is 4.90 Å². The molecule has 0 spiro atoms. The van der Waals surface area contributed by atoms with E-state index in [2.05, 4.69) is 18.7 Å². The van der Waals surface area contributed by atoms with Gasteiger partial charge in [-0.25, -0.2) is 0 Å². The van der Waals surface area contributed by atoms with Gasteiger partial charge in [0.1, 0.15) is 0 Å². The van der Waals surface area contributed by atoms with Crippen LogP contribution in [-0.2, 0) is 0 Å². The second kappa shape index (κ2) is 4.83. The van der Waals surface area contributed by atoms with Gasteiger partial charge in [-0.15, -0.1) is 0 Å². The summed E-state index contributed by atoms with van der Waals surface area (Å²) in [4.78, 5) is 2.49. The Balaban J connectivity index is 2.00. The van der Waals surface area contributed by atoms with Crippen LogP contribution in [0.2, 0.25) is 0 Å². The fourth-order valence-corrected chi connectivity index (χ4v) is 1.78. The van der Waals surface area contributed by atoms with E-state index in [1.54, 1.807) is 0 Å². The number of nitrogens with two attached hydrogens (primary N) is 1. The number of unbranched alkanes of at least 4 members (excludes halogenated alkanes) is 2. The molecule has 1 atom stereocenters. The number of nitrogens with zero attached hydrogens (tertiary/aromatic N) is 1. The van der Waals surface area contributed by atoms with E-state index in [-0.39, 0.29) is 0 Å². The van der Waals surface area contributed by atoms with E-state index in [9.17, 15) is 0 Å². The molecule has 1 fully saturated rings. The minimum Gasteiger partial charge on any atom is -0.325 e. The van der Waals surface area contributed by atoms with Gasteiger partial charge >= 0.3 is 0 Å². The molecule has 72 valence electrons. The Hall–Kier alpha value is -0.0800. The lowest BCUT2D eigenvalue weighted by atomic mass is 10.0. The summed E-state index contributed by atoms with van der Waals surface area (Å²) in [7, 11) is 0. The molecule has 12 heavy (non-hydrogen) atoms. The van der Waals surface area contributed by atoms with Crippen LogP contribution >= 0.6 is 0 Å². The maximum Gasteiger partial charge on any atom is 0.0297 e. The number of likely N-dealkylation sites (tertiary alicyclic amines) is 1. The van der Waals surface area contributed by atoms with Gasteiger partial charge in [-0.05, 0) is 13.3 Å². The van der Waals surface area contributed by atoms with E-state index in [1.807, 2.05) is 0 Å². The van der Waals surface area contributed by atoms with E-state index in [4.69, 9.17) is 5.73 Å². The van der Waals surface area contributed by atoms with E-state index in [0.29, 0.717) is 6.04 Å². The zero-order valence-electron chi connectivity index (χ0n) is 8.42. The monoisotopic (exact) mass is 170 g/mol. The minimum atomic E-state index is 0.457. The Labute approximate surface area is 76.1 Å². The predicted octanol–water partition coefficient (Wildman–Crippen LogP) is 1.60. The molecule has 1 aliphatic rings. The first kappa shape index (κ1) is 10.0. The van der Waals surface area contributed by atoms with Crippen molar-refractivity contribution in [1.29, 1.82) is 0 Å². The second-order valence-corrected chi connectivity index (χ2v) is 4.06. The van der Waals surface area contributed by atoms with E-state index in [1.165, 1.54) is 25.7 Å². The van der Waals surface area contributed by atoms with Gasteiger partial charge in [0, 0.05) is 25.2 Å². The summed E-state index contributed by atoms with van der Waals surface area (Å²) in [6, 6.07) is 1.22. The first-order valence-electron chi connectivity index (χ1n) is 5.23. The fourth-order valence-electron chi connectivity index (χ4n) is 1.78. The zero-order chi connectivity index (χ0) is 8.97. The molecule has 1 unspecified atom stereocenters. The van der Waals surface area contributed by atoms with Gasteiger partial charge in [0.2, 0.25) is 0 Å². The van der Waals surface area contributed by atoms with Crippen molar-refractivity contribution in [2.45, 2.75) is 51.6 Å². The molecule has 0 radical (unpaired) electrons. The molecular weight excluding hydrogens is 148 g/mol. The van der Waals surface area contributed by atoms with Crippen molar-refractivity contribution >= 4 is 0 Å². The van der Waals surface area contributed by atoms with Crippen molar-refractivity contribution < 1.29 is 0 Å². The van der Waals surface area contributed by atoms with Crippen molar-refractivity contribution in [2.24, 2.45) is 5.73 Å². The number of hydrogen-bond acceptors (Lipinski definition) is 2. The van der Waals surface area contributed by atoms with Crippen LogP contribution < -0.4 is 5.73 Å². The molecule has 0 aliphatic carbocycles. The summed E-state index contributed by atoms with van der Waals surface area (Å²) in [5.41, 5.74) is 5.72. The van der Waals surface area contributed by atoms with Crippen molar-refractivity contribution in [3.8, 4) is 0 Å². The Morgan fingerprint density at radius 2 is 2.08 bits per heavy atom. The minimum absolute atomic E-state index is 0.457. The molecule has 2 N–H and O–H groups in total. The van der Waals surface area contributed by atoms with Gasteiger partial charge in [0.05, 0.1) is 0 Å². The normalized spacial score (nSPS) is 22.2. The Bertz CT molecular complexity index is 119. The topological polar surface area (TPSA) is 29.3 Å². The summed E-state index contributed by atoms with van der Waals surface area (Å²) in [6.07, 6.45) is 5.43. The third kappa shape index (κ3) is 2.76. The Morgan fingerprint density at radius 3 is 2.58 bits per heavy atom. The quantitative estimate of drug-likeness (QED) is 0.635. The molecule has 1 saturated heterocycles. The molecule has 0 bridgehead atoms. The van der Waals surface area contributed by atoms with Gasteiger partial charge in [0.25, 0.3) is 0 Å². The third-order valence-corrected chi connectivity index (χ3v) is 2.79. The predicted molar refractivity (Wildman–Crippen MR) is 53.2 cm³/mol. The van der Waals surface area contributed by atoms with E-state index < -0.39 is 0 Å². The smallest absolute Gasteiger partial charge is 0.0297 e. The lowest BCUT2D eigenvalue weighted by molar-refractivity contribution is 0.0967. The van der Waals surface area contributed by atoms with E-state index >= 15 is 0 Å². The Kier molecular flexibility index (Phi) is 4.02. The fraction of sp³-hybridized carbons (Fsp3) is 1.00. The van der Waals surface area contributed by atoms with Gasteiger partial charge in [0.15, 0.2) is 0 Å². The highest BCUT2D eigenvalue weighted by Crippen LogP contribution is 2.15. The average Bonchev–Trinajstić information content (AvgIpc) is 1.99. The summed E-state index contributed by atoms with van der Waals surface area (Å²) < 4.78 is 0. The molecule has 0 aromatic carbocycles. The molecule has 0 aromatic rings. The highest BCUT2D eigenvalue weighted by molar-refractivity contribution is 4.85. The maximum atomic E-state index is 5.72. The van der Waals surface area contributed by atoms with Crippen LogP contribution in [0.4, 0.5) is 0 Å². The van der Waals surface area contributed by atoms with Gasteiger partial charge in [-0.1, -0.05) is 26.2 Å². The Morgan fingerprint density at radius 1 is 1.42 bits per heavy atom. The highest BCUT2D eigenvalue weighted by atomic mass is 15.2. The lowest BCUT2D eigenvalue weighted by Gasteiger charge is -2.41. The molecule has 1 aliphatic heterocycles. The summed E-state index contributed by atoms with van der Waals surface area (Å²) in [5.74, 6) is 0. The summed E-state index contributed by atoms with van der Waals surface area (Å²) in [5, 5.41) is 0. The number of hydrogen-bond donors (Lipinski definition) is 1. The average molecular weight is 170 g/mol. The van der Waals surface area contributed by atoms with Crippen molar-refractivity contribution in [3.05, 3.63) is 0 Å². The molecular formula is C10H22N2. The zero-order valence-corrected chi connectivity index (χ0v) is 8.42. The first-order chi connectivity index (χ1) is 5.74. The van der Waals surface area contributed by atoms with Gasteiger partial charge < -0.3 is 5.73 Å². The maximum absolute atomic E-state index is 5.72. The van der Waals surface area contributed by atoms with Gasteiger partial charge in [-0.2, -0.15) is 0 Å². The standard InChI is InChI=1S/C10H22N2/c1-3-4-5-6-9(2)12-7-10(11)8-12/h9-10H,3-8,11H2,1-2H3. The lowest BCUT2D eigenvalue weighted by Crippen LogP contribution is -2.58. The van der Waals surface area contributed by atoms with E-state index in [0.717, 1.165) is 19.1 Å². The van der Waals surface area contributed by atoms with Crippen LogP contribution in [0.5, 0.6) is 0 Å². The summed E-state index contributed by atoms with van der Waals surface area (Å²) in [6.45, 7) is 6.81. The van der Waals surface area contributed by atoms with Crippen LogP contribution in [0.25, 0.3) is 0 Å². The van der Waals surface area contributed by atoms with Crippen LogP contribution in [0, 0.1) is 0 Å². The van der Waals surface area contributed by atoms with Crippen LogP contribution in [0.1, 0.15) is 39.5 Å². The van der Waals surface area contributed by atoms with Gasteiger partial charge in [-0.3, -0.25) is 4.90 Å². The number of rotatable bonds is 5. The molecule has 0 aromatic heterocycles. The van der Waals surface area contributed by atoms with Crippen LogP contribution in [0.3, 0.4) is 0 Å². The van der Waals surface area contributed by atoms with Crippen molar-refractivity contribution in [2.75, 3.05) is 13.1 Å². The first-order valence-corrected chi connectivity index (χ1v) is 5.23. The molecule has 1 heterocycles.